The molecule has 2 N–H and O–H groups in total. The zero-order valence-electron chi connectivity index (χ0n) is 8.50. The highest BCUT2D eigenvalue weighted by atomic mass is 16.5. The third-order valence-electron chi connectivity index (χ3n) is 2.10. The minimum atomic E-state index is 0.266. The summed E-state index contributed by atoms with van der Waals surface area (Å²) in [6.45, 7) is 6.18. The quantitative estimate of drug-likeness (QED) is 0.724. The van der Waals surface area contributed by atoms with Crippen molar-refractivity contribution < 1.29 is 4.74 Å². The van der Waals surface area contributed by atoms with E-state index in [1.165, 1.54) is 0 Å². The Morgan fingerprint density at radius 3 is 2.69 bits per heavy atom. The van der Waals surface area contributed by atoms with Gasteiger partial charge in [0.15, 0.2) is 0 Å². The van der Waals surface area contributed by atoms with Crippen LogP contribution in [-0.4, -0.2) is 6.10 Å². The molecular weight excluding hydrogens is 162 g/mol. The van der Waals surface area contributed by atoms with Gasteiger partial charge in [0.2, 0.25) is 0 Å². The maximum Gasteiger partial charge on any atom is 0.122 e. The van der Waals surface area contributed by atoms with Crippen molar-refractivity contribution >= 4 is 5.69 Å². The molecule has 1 unspecified atom stereocenters. The van der Waals surface area contributed by atoms with Crippen LogP contribution >= 0.6 is 0 Å². The number of benzene rings is 1. The zero-order chi connectivity index (χ0) is 9.84. The van der Waals surface area contributed by atoms with E-state index in [0.29, 0.717) is 0 Å². The molecule has 0 bridgehead atoms. The molecule has 1 rings (SSSR count). The van der Waals surface area contributed by atoms with E-state index < -0.39 is 0 Å². The highest BCUT2D eigenvalue weighted by Crippen LogP contribution is 2.21. The number of hydrogen-bond acceptors (Lipinski definition) is 2. The van der Waals surface area contributed by atoms with Crippen molar-refractivity contribution in [2.24, 2.45) is 0 Å². The van der Waals surface area contributed by atoms with Crippen LogP contribution in [0.3, 0.4) is 0 Å². The third kappa shape index (κ3) is 2.65. The Labute approximate surface area is 79.7 Å². The molecule has 13 heavy (non-hydrogen) atoms. The number of aryl methyl sites for hydroxylation is 1. The highest BCUT2D eigenvalue weighted by molar-refractivity contribution is 5.47. The molecule has 0 saturated heterocycles. The minimum absolute atomic E-state index is 0.266. The molecule has 0 saturated carbocycles. The van der Waals surface area contributed by atoms with Crippen LogP contribution in [-0.2, 0) is 0 Å². The third-order valence-corrected chi connectivity index (χ3v) is 2.10. The van der Waals surface area contributed by atoms with E-state index in [0.717, 1.165) is 23.4 Å². The Kier molecular flexibility index (Phi) is 3.18. The van der Waals surface area contributed by atoms with Gasteiger partial charge >= 0.3 is 0 Å². The maximum atomic E-state index is 5.69. The fourth-order valence-corrected chi connectivity index (χ4v) is 1.10. The maximum absolute atomic E-state index is 5.69. The van der Waals surface area contributed by atoms with Crippen LogP contribution in [0.4, 0.5) is 5.69 Å². The first-order valence-corrected chi connectivity index (χ1v) is 4.66. The van der Waals surface area contributed by atoms with Crippen molar-refractivity contribution in [2.75, 3.05) is 5.73 Å². The molecule has 0 fully saturated rings. The van der Waals surface area contributed by atoms with Gasteiger partial charge in [-0.2, -0.15) is 0 Å². The summed E-state index contributed by atoms with van der Waals surface area (Å²) in [6.07, 6.45) is 1.28. The van der Waals surface area contributed by atoms with Gasteiger partial charge in [0.1, 0.15) is 5.75 Å². The first-order valence-electron chi connectivity index (χ1n) is 4.66. The van der Waals surface area contributed by atoms with Crippen LogP contribution < -0.4 is 10.5 Å². The van der Waals surface area contributed by atoms with E-state index in [4.69, 9.17) is 10.5 Å². The molecule has 2 heteroatoms. The smallest absolute Gasteiger partial charge is 0.122 e. The lowest BCUT2D eigenvalue weighted by Crippen LogP contribution is -2.10. The van der Waals surface area contributed by atoms with Gasteiger partial charge in [0.25, 0.3) is 0 Å². The van der Waals surface area contributed by atoms with Crippen LogP contribution in [0.1, 0.15) is 25.8 Å². The van der Waals surface area contributed by atoms with Gasteiger partial charge in [0, 0.05) is 5.69 Å². The average Bonchev–Trinajstić information content (AvgIpc) is 2.09. The summed E-state index contributed by atoms with van der Waals surface area (Å²) < 4.78 is 5.69. The standard InChI is InChI=1S/C11H17NO/c1-4-9(3)13-11-6-5-10(12)7-8(11)2/h5-7,9H,4,12H2,1-3H3. The van der Waals surface area contributed by atoms with Gasteiger partial charge < -0.3 is 10.5 Å². The van der Waals surface area contributed by atoms with Crippen LogP contribution in [0.2, 0.25) is 0 Å². The van der Waals surface area contributed by atoms with Crippen LogP contribution in [0.15, 0.2) is 18.2 Å². The van der Waals surface area contributed by atoms with E-state index in [1.807, 2.05) is 25.1 Å². The number of nitrogen functional groups attached to an aromatic ring is 1. The second kappa shape index (κ2) is 4.17. The number of ether oxygens (including phenoxy) is 1. The Hall–Kier alpha value is -1.18. The zero-order valence-corrected chi connectivity index (χ0v) is 8.50. The Morgan fingerprint density at radius 2 is 2.15 bits per heavy atom. The van der Waals surface area contributed by atoms with E-state index in [1.54, 1.807) is 0 Å². The molecule has 0 radical (unpaired) electrons. The fraction of sp³-hybridized carbons (Fsp3) is 0.455. The van der Waals surface area contributed by atoms with Crippen molar-refractivity contribution in [3.8, 4) is 5.75 Å². The summed E-state index contributed by atoms with van der Waals surface area (Å²) in [5, 5.41) is 0. The number of anilines is 1. The molecule has 0 aromatic heterocycles. The van der Waals surface area contributed by atoms with Gasteiger partial charge in [-0.25, -0.2) is 0 Å². The van der Waals surface area contributed by atoms with E-state index in [-0.39, 0.29) is 6.10 Å². The Bertz CT molecular complexity index is 283. The average molecular weight is 179 g/mol. The van der Waals surface area contributed by atoms with E-state index >= 15 is 0 Å². The minimum Gasteiger partial charge on any atom is -0.490 e. The molecule has 0 aliphatic carbocycles. The number of rotatable bonds is 3. The summed E-state index contributed by atoms with van der Waals surface area (Å²) in [6, 6.07) is 5.72. The fourth-order valence-electron chi connectivity index (χ4n) is 1.10. The van der Waals surface area contributed by atoms with E-state index in [2.05, 4.69) is 13.8 Å². The van der Waals surface area contributed by atoms with E-state index in [9.17, 15) is 0 Å². The lowest BCUT2D eigenvalue weighted by atomic mass is 10.2. The van der Waals surface area contributed by atoms with Crippen molar-refractivity contribution in [3.05, 3.63) is 23.8 Å². The largest absolute Gasteiger partial charge is 0.490 e. The van der Waals surface area contributed by atoms with Crippen molar-refractivity contribution in [3.63, 3.8) is 0 Å². The predicted octanol–water partition coefficient (Wildman–Crippen LogP) is 2.75. The molecule has 1 atom stereocenters. The number of hydrogen-bond donors (Lipinski definition) is 1. The van der Waals surface area contributed by atoms with Gasteiger partial charge in [0.05, 0.1) is 6.10 Å². The normalized spacial score (nSPS) is 12.5. The predicted molar refractivity (Wildman–Crippen MR) is 56.0 cm³/mol. The van der Waals surface area contributed by atoms with Gasteiger partial charge in [-0.15, -0.1) is 0 Å². The molecule has 0 aliphatic heterocycles. The second-order valence-corrected chi connectivity index (χ2v) is 3.36. The lowest BCUT2D eigenvalue weighted by Gasteiger charge is -2.14. The molecule has 2 nitrogen and oxygen atoms in total. The molecule has 1 aromatic rings. The SMILES string of the molecule is CCC(C)Oc1ccc(N)cc1C. The summed E-state index contributed by atoms with van der Waals surface area (Å²) in [4.78, 5) is 0. The van der Waals surface area contributed by atoms with Crippen LogP contribution in [0.25, 0.3) is 0 Å². The van der Waals surface area contributed by atoms with Crippen molar-refractivity contribution in [1.82, 2.24) is 0 Å². The van der Waals surface area contributed by atoms with Crippen molar-refractivity contribution in [1.29, 1.82) is 0 Å². The summed E-state index contributed by atoms with van der Waals surface area (Å²) in [7, 11) is 0. The topological polar surface area (TPSA) is 35.2 Å². The molecule has 72 valence electrons. The Morgan fingerprint density at radius 1 is 1.46 bits per heavy atom. The van der Waals surface area contributed by atoms with Crippen LogP contribution in [0, 0.1) is 6.92 Å². The molecule has 0 spiro atoms. The number of nitrogens with two attached hydrogens (primary N) is 1. The molecule has 0 amide bonds. The monoisotopic (exact) mass is 179 g/mol. The summed E-state index contributed by atoms with van der Waals surface area (Å²) >= 11 is 0. The first kappa shape index (κ1) is 9.90. The first-order chi connectivity index (χ1) is 6.13. The lowest BCUT2D eigenvalue weighted by molar-refractivity contribution is 0.216. The highest BCUT2D eigenvalue weighted by Gasteiger charge is 2.03. The molecular formula is C11H17NO. The Balaban J connectivity index is 2.77. The van der Waals surface area contributed by atoms with Crippen molar-refractivity contribution in [2.45, 2.75) is 33.3 Å². The second-order valence-electron chi connectivity index (χ2n) is 3.36. The molecule has 1 aromatic carbocycles. The van der Waals surface area contributed by atoms with Gasteiger partial charge in [-0.05, 0) is 44.0 Å². The molecule has 0 heterocycles. The molecule has 0 aliphatic rings. The summed E-state index contributed by atoms with van der Waals surface area (Å²) in [5.74, 6) is 0.934. The summed E-state index contributed by atoms with van der Waals surface area (Å²) in [5.41, 5.74) is 7.52. The van der Waals surface area contributed by atoms with Gasteiger partial charge in [-0.1, -0.05) is 6.92 Å². The van der Waals surface area contributed by atoms with Crippen LogP contribution in [0.5, 0.6) is 5.75 Å². The van der Waals surface area contributed by atoms with Gasteiger partial charge in [-0.3, -0.25) is 0 Å².